The van der Waals surface area contributed by atoms with Crippen LogP contribution in [0.25, 0.3) is 5.69 Å². The fraction of sp³-hybridized carbons (Fsp3) is 0.143. The van der Waals surface area contributed by atoms with E-state index in [9.17, 15) is 18.0 Å². The third-order valence-corrected chi connectivity index (χ3v) is 5.03. The van der Waals surface area contributed by atoms with Crippen molar-refractivity contribution < 1.29 is 18.0 Å². The van der Waals surface area contributed by atoms with Crippen LogP contribution in [-0.2, 0) is 6.18 Å². The molecular weight excluding hydrogens is 494 g/mol. The average Bonchev–Trinajstić information content (AvgIpc) is 2.94. The summed E-state index contributed by atoms with van der Waals surface area (Å²) in [5.41, 5.74) is 5.03. The van der Waals surface area contributed by atoms with Gasteiger partial charge in [0.2, 0.25) is 0 Å². The molecule has 0 aliphatic heterocycles. The van der Waals surface area contributed by atoms with E-state index in [1.165, 1.54) is 18.3 Å². The number of carbonyl (C=O) groups excluding carboxylic acids is 1. The third kappa shape index (κ3) is 4.87. The van der Waals surface area contributed by atoms with Gasteiger partial charge < -0.3 is 4.57 Å². The maximum absolute atomic E-state index is 12.8. The molecule has 3 rings (SSSR count). The van der Waals surface area contributed by atoms with Crippen molar-refractivity contribution in [2.24, 2.45) is 5.10 Å². The largest absolute Gasteiger partial charge is 0.416 e. The minimum Gasteiger partial charge on any atom is -0.318 e. The molecule has 0 aliphatic carbocycles. The molecule has 8 heteroatoms. The summed E-state index contributed by atoms with van der Waals surface area (Å²) >= 11 is 2.25. The molecule has 150 valence electrons. The number of alkyl halides is 3. The molecule has 0 spiro atoms. The first-order chi connectivity index (χ1) is 13.7. The number of amides is 1. The molecule has 1 N–H and O–H groups in total. The topological polar surface area (TPSA) is 46.4 Å². The fourth-order valence-corrected chi connectivity index (χ4v) is 3.52. The Kier molecular flexibility index (Phi) is 6.11. The van der Waals surface area contributed by atoms with Crippen molar-refractivity contribution in [3.8, 4) is 5.69 Å². The quantitative estimate of drug-likeness (QED) is 0.282. The minimum absolute atomic E-state index is 0.110. The normalized spacial score (nSPS) is 11.8. The molecule has 4 nitrogen and oxygen atoms in total. The van der Waals surface area contributed by atoms with E-state index in [4.69, 9.17) is 0 Å². The Morgan fingerprint density at radius 2 is 1.83 bits per heavy atom. The van der Waals surface area contributed by atoms with Crippen molar-refractivity contribution in [3.05, 3.63) is 86.2 Å². The van der Waals surface area contributed by atoms with Crippen molar-refractivity contribution >= 4 is 34.7 Å². The van der Waals surface area contributed by atoms with E-state index < -0.39 is 17.6 Å². The first kappa shape index (κ1) is 21.1. The van der Waals surface area contributed by atoms with E-state index in [1.54, 1.807) is 0 Å². The Bertz CT molecular complexity index is 1090. The van der Waals surface area contributed by atoms with Crippen molar-refractivity contribution in [2.45, 2.75) is 20.0 Å². The number of nitrogens with zero attached hydrogens (tertiary/aromatic N) is 2. The molecule has 0 aliphatic rings. The molecule has 3 aromatic rings. The molecule has 1 heterocycles. The van der Waals surface area contributed by atoms with Gasteiger partial charge in [-0.3, -0.25) is 4.79 Å². The average molecular weight is 511 g/mol. The van der Waals surface area contributed by atoms with Crippen LogP contribution in [0.1, 0.15) is 32.9 Å². The van der Waals surface area contributed by atoms with Gasteiger partial charge in [0, 0.05) is 31.8 Å². The van der Waals surface area contributed by atoms with Crippen LogP contribution < -0.4 is 5.43 Å². The zero-order valence-electron chi connectivity index (χ0n) is 15.6. The summed E-state index contributed by atoms with van der Waals surface area (Å²) in [6.07, 6.45) is -3.02. The summed E-state index contributed by atoms with van der Waals surface area (Å²) < 4.78 is 41.5. The number of aryl methyl sites for hydroxylation is 1. The number of hydrogen-bond donors (Lipinski definition) is 1. The number of hydrazone groups is 1. The Hall–Kier alpha value is -2.62. The summed E-state index contributed by atoms with van der Waals surface area (Å²) in [6.45, 7) is 3.90. The number of nitrogens with one attached hydrogen (secondary N) is 1. The van der Waals surface area contributed by atoms with Gasteiger partial charge in [0.15, 0.2) is 0 Å². The molecule has 0 saturated heterocycles. The van der Waals surface area contributed by atoms with Gasteiger partial charge in [0.25, 0.3) is 5.91 Å². The van der Waals surface area contributed by atoms with Gasteiger partial charge in [-0.15, -0.1) is 0 Å². The molecule has 0 unspecified atom stereocenters. The second kappa shape index (κ2) is 8.40. The fourth-order valence-electron chi connectivity index (χ4n) is 2.99. The number of benzene rings is 2. The van der Waals surface area contributed by atoms with Crippen LogP contribution >= 0.6 is 22.6 Å². The number of aromatic nitrogens is 1. The third-order valence-electron chi connectivity index (χ3n) is 4.36. The molecule has 1 amide bonds. The summed E-state index contributed by atoms with van der Waals surface area (Å²) in [5, 5.41) is 3.92. The lowest BCUT2D eigenvalue weighted by Gasteiger charge is -2.10. The number of hydrogen-bond acceptors (Lipinski definition) is 2. The van der Waals surface area contributed by atoms with Gasteiger partial charge in [-0.05, 0) is 78.9 Å². The zero-order chi connectivity index (χ0) is 21.2. The summed E-state index contributed by atoms with van der Waals surface area (Å²) in [5.74, 6) is -0.709. The Balaban J connectivity index is 1.78. The molecular formula is C21H17F3IN3O. The van der Waals surface area contributed by atoms with Crippen LogP contribution in [0.3, 0.4) is 0 Å². The predicted octanol–water partition coefficient (Wildman–Crippen LogP) is 5.48. The van der Waals surface area contributed by atoms with Gasteiger partial charge in [-0.1, -0.05) is 12.1 Å². The maximum Gasteiger partial charge on any atom is 0.416 e. The smallest absolute Gasteiger partial charge is 0.318 e. The molecule has 0 atom stereocenters. The van der Waals surface area contributed by atoms with E-state index >= 15 is 0 Å². The van der Waals surface area contributed by atoms with E-state index in [1.807, 2.05) is 38.1 Å². The Labute approximate surface area is 179 Å². The zero-order valence-corrected chi connectivity index (χ0v) is 17.7. The van der Waals surface area contributed by atoms with Crippen LogP contribution in [0.2, 0.25) is 0 Å². The monoisotopic (exact) mass is 511 g/mol. The highest BCUT2D eigenvalue weighted by Crippen LogP contribution is 2.29. The van der Waals surface area contributed by atoms with Crippen LogP contribution in [0.4, 0.5) is 13.2 Å². The maximum atomic E-state index is 12.8. The molecule has 0 radical (unpaired) electrons. The Morgan fingerprint density at radius 1 is 1.10 bits per heavy atom. The van der Waals surface area contributed by atoms with E-state index in [0.29, 0.717) is 0 Å². The van der Waals surface area contributed by atoms with Gasteiger partial charge in [0.1, 0.15) is 0 Å². The van der Waals surface area contributed by atoms with E-state index in [-0.39, 0.29) is 5.56 Å². The van der Waals surface area contributed by atoms with Crippen molar-refractivity contribution in [3.63, 3.8) is 0 Å². The van der Waals surface area contributed by atoms with E-state index in [0.717, 1.165) is 38.3 Å². The summed E-state index contributed by atoms with van der Waals surface area (Å²) in [7, 11) is 0. The van der Waals surface area contributed by atoms with Crippen LogP contribution in [-0.4, -0.2) is 16.7 Å². The molecule has 0 saturated carbocycles. The minimum atomic E-state index is -4.51. The number of carbonyl (C=O) groups is 1. The Morgan fingerprint density at radius 3 is 2.52 bits per heavy atom. The SMILES string of the molecule is Cc1cc(/C=N\NC(=O)c2cccc(C(F)(F)F)c2)c(C)n1-c1cccc(I)c1. The van der Waals surface area contributed by atoms with Crippen molar-refractivity contribution in [2.75, 3.05) is 0 Å². The first-order valence-electron chi connectivity index (χ1n) is 8.62. The molecule has 0 bridgehead atoms. The molecule has 29 heavy (non-hydrogen) atoms. The van der Waals surface area contributed by atoms with Gasteiger partial charge in [-0.2, -0.15) is 18.3 Å². The lowest BCUT2D eigenvalue weighted by atomic mass is 10.1. The first-order valence-corrected chi connectivity index (χ1v) is 9.70. The van der Waals surface area contributed by atoms with Gasteiger partial charge >= 0.3 is 6.18 Å². The summed E-state index contributed by atoms with van der Waals surface area (Å²) in [4.78, 5) is 12.1. The highest BCUT2D eigenvalue weighted by atomic mass is 127. The second-order valence-corrected chi connectivity index (χ2v) is 7.67. The number of rotatable bonds is 4. The van der Waals surface area contributed by atoms with Gasteiger partial charge in [0.05, 0.1) is 11.8 Å². The summed E-state index contributed by atoms with van der Waals surface area (Å²) in [6, 6.07) is 14.2. The standard InChI is InChI=1S/C21H17F3IN3O/c1-13-9-16(14(2)28(13)19-8-4-7-18(25)11-19)12-26-27-20(29)15-5-3-6-17(10-15)21(22,23)24/h3-12H,1-2H3,(H,27,29)/b26-12-. The second-order valence-electron chi connectivity index (χ2n) is 6.42. The lowest BCUT2D eigenvalue weighted by Crippen LogP contribution is -2.18. The van der Waals surface area contributed by atoms with Crippen LogP contribution in [0.15, 0.2) is 59.7 Å². The number of halogens is 4. The van der Waals surface area contributed by atoms with Crippen LogP contribution in [0, 0.1) is 17.4 Å². The molecule has 0 fully saturated rings. The van der Waals surface area contributed by atoms with Crippen molar-refractivity contribution in [1.82, 2.24) is 9.99 Å². The lowest BCUT2D eigenvalue weighted by molar-refractivity contribution is -0.137. The molecule has 1 aromatic heterocycles. The van der Waals surface area contributed by atoms with Crippen LogP contribution in [0.5, 0.6) is 0 Å². The molecule has 2 aromatic carbocycles. The van der Waals surface area contributed by atoms with Crippen molar-refractivity contribution in [1.29, 1.82) is 0 Å². The predicted molar refractivity (Wildman–Crippen MR) is 114 cm³/mol. The highest BCUT2D eigenvalue weighted by molar-refractivity contribution is 14.1. The van der Waals surface area contributed by atoms with Gasteiger partial charge in [-0.25, -0.2) is 5.43 Å². The highest BCUT2D eigenvalue weighted by Gasteiger charge is 2.30. The van der Waals surface area contributed by atoms with E-state index in [2.05, 4.69) is 43.8 Å².